The zero-order chi connectivity index (χ0) is 16.2. The number of nitro groups is 1. The molecule has 0 bridgehead atoms. The minimum absolute atomic E-state index is 0.105. The van der Waals surface area contributed by atoms with E-state index in [0.29, 0.717) is 0 Å². The second-order valence-electron chi connectivity index (χ2n) is 4.78. The van der Waals surface area contributed by atoms with Gasteiger partial charge in [0.05, 0.1) is 10.5 Å². The number of nitrogens with one attached hydrogen (secondary N) is 2. The van der Waals surface area contributed by atoms with Crippen LogP contribution in [0.1, 0.15) is 31.1 Å². The molecular weight excluding hydrogens is 281 g/mol. The fraction of sp³-hybridized carbons (Fsp3) is 0.385. The SMILES string of the molecule is CC(C)NC(=O)C(C)NC(=O)c1cc([N+](=O)[O-])ccc1F. The van der Waals surface area contributed by atoms with E-state index < -0.39 is 39.8 Å². The molecule has 1 aromatic carbocycles. The quantitative estimate of drug-likeness (QED) is 0.633. The molecule has 8 heteroatoms. The van der Waals surface area contributed by atoms with Gasteiger partial charge < -0.3 is 10.6 Å². The molecule has 0 aliphatic carbocycles. The smallest absolute Gasteiger partial charge is 0.270 e. The zero-order valence-corrected chi connectivity index (χ0v) is 11.8. The van der Waals surface area contributed by atoms with Gasteiger partial charge in [-0.2, -0.15) is 0 Å². The maximum Gasteiger partial charge on any atom is 0.270 e. The highest BCUT2D eigenvalue weighted by molar-refractivity contribution is 5.98. The van der Waals surface area contributed by atoms with E-state index in [0.717, 1.165) is 18.2 Å². The van der Waals surface area contributed by atoms with Crippen LogP contribution in [0.25, 0.3) is 0 Å². The first-order valence-corrected chi connectivity index (χ1v) is 6.27. The molecule has 2 amide bonds. The number of amides is 2. The fourth-order valence-corrected chi connectivity index (χ4v) is 1.55. The van der Waals surface area contributed by atoms with E-state index in [-0.39, 0.29) is 6.04 Å². The normalized spacial score (nSPS) is 11.9. The third kappa shape index (κ3) is 4.51. The number of hydrogen-bond acceptors (Lipinski definition) is 4. The first kappa shape index (κ1) is 16.5. The minimum atomic E-state index is -0.894. The Morgan fingerprint density at radius 2 is 1.86 bits per heavy atom. The summed E-state index contributed by atoms with van der Waals surface area (Å²) in [6.45, 7) is 4.95. The number of hydrogen-bond donors (Lipinski definition) is 2. The monoisotopic (exact) mass is 297 g/mol. The second kappa shape index (κ2) is 6.78. The van der Waals surface area contributed by atoms with Crippen LogP contribution in [0.4, 0.5) is 10.1 Å². The largest absolute Gasteiger partial charge is 0.352 e. The van der Waals surface area contributed by atoms with Crippen LogP contribution in [0, 0.1) is 15.9 Å². The summed E-state index contributed by atoms with van der Waals surface area (Å²) < 4.78 is 13.6. The fourth-order valence-electron chi connectivity index (χ4n) is 1.55. The molecule has 21 heavy (non-hydrogen) atoms. The molecule has 1 aromatic rings. The van der Waals surface area contributed by atoms with Crippen molar-refractivity contribution in [3.63, 3.8) is 0 Å². The highest BCUT2D eigenvalue weighted by atomic mass is 19.1. The molecule has 0 spiro atoms. The van der Waals surface area contributed by atoms with Gasteiger partial charge in [-0.15, -0.1) is 0 Å². The van der Waals surface area contributed by atoms with Crippen LogP contribution in [0.15, 0.2) is 18.2 Å². The maximum absolute atomic E-state index is 13.6. The standard InChI is InChI=1S/C13H16FN3O4/c1-7(2)15-12(18)8(3)16-13(19)10-6-9(17(20)21)4-5-11(10)14/h4-8H,1-3H3,(H,15,18)(H,16,19). The van der Waals surface area contributed by atoms with Crippen LogP contribution in [-0.2, 0) is 4.79 Å². The van der Waals surface area contributed by atoms with Gasteiger partial charge in [0.25, 0.3) is 11.6 Å². The number of rotatable bonds is 5. The lowest BCUT2D eigenvalue weighted by molar-refractivity contribution is -0.384. The Balaban J connectivity index is 2.87. The molecule has 114 valence electrons. The Labute approximate surface area is 120 Å². The summed E-state index contributed by atoms with van der Waals surface area (Å²) in [5.74, 6) is -2.21. The highest BCUT2D eigenvalue weighted by Gasteiger charge is 2.21. The van der Waals surface area contributed by atoms with E-state index in [4.69, 9.17) is 0 Å². The number of nitrogens with zero attached hydrogens (tertiary/aromatic N) is 1. The number of carbonyl (C=O) groups is 2. The lowest BCUT2D eigenvalue weighted by Gasteiger charge is -2.16. The van der Waals surface area contributed by atoms with Gasteiger partial charge in [-0.3, -0.25) is 19.7 Å². The number of non-ortho nitro benzene ring substituents is 1. The van der Waals surface area contributed by atoms with Gasteiger partial charge in [-0.05, 0) is 26.8 Å². The van der Waals surface area contributed by atoms with Crippen molar-refractivity contribution in [1.29, 1.82) is 0 Å². The van der Waals surface area contributed by atoms with E-state index in [9.17, 15) is 24.1 Å². The molecule has 0 fully saturated rings. The van der Waals surface area contributed by atoms with Crippen molar-refractivity contribution < 1.29 is 18.9 Å². The highest BCUT2D eigenvalue weighted by Crippen LogP contribution is 2.16. The van der Waals surface area contributed by atoms with Gasteiger partial charge in [0, 0.05) is 18.2 Å². The molecule has 2 N–H and O–H groups in total. The van der Waals surface area contributed by atoms with Crippen LogP contribution in [0.3, 0.4) is 0 Å². The van der Waals surface area contributed by atoms with Crippen molar-refractivity contribution in [2.45, 2.75) is 32.9 Å². The summed E-state index contributed by atoms with van der Waals surface area (Å²) in [6, 6.07) is 1.63. The van der Waals surface area contributed by atoms with E-state index >= 15 is 0 Å². The average Bonchev–Trinajstić information content (AvgIpc) is 2.37. The summed E-state index contributed by atoms with van der Waals surface area (Å²) in [5.41, 5.74) is -0.880. The van der Waals surface area contributed by atoms with Crippen molar-refractivity contribution in [2.24, 2.45) is 0 Å². The molecule has 0 heterocycles. The summed E-state index contributed by atoms with van der Waals surface area (Å²) in [6.07, 6.45) is 0. The predicted molar refractivity (Wildman–Crippen MR) is 73.3 cm³/mol. The van der Waals surface area contributed by atoms with Crippen molar-refractivity contribution in [3.05, 3.63) is 39.7 Å². The van der Waals surface area contributed by atoms with Gasteiger partial charge in [0.15, 0.2) is 0 Å². The molecule has 0 saturated carbocycles. The van der Waals surface area contributed by atoms with Crippen LogP contribution >= 0.6 is 0 Å². The van der Waals surface area contributed by atoms with E-state index in [2.05, 4.69) is 10.6 Å². The molecule has 1 rings (SSSR count). The van der Waals surface area contributed by atoms with Crippen molar-refractivity contribution in [1.82, 2.24) is 10.6 Å². The first-order valence-electron chi connectivity index (χ1n) is 6.27. The van der Waals surface area contributed by atoms with Gasteiger partial charge >= 0.3 is 0 Å². The predicted octanol–water partition coefficient (Wildman–Crippen LogP) is 1.38. The number of nitro benzene ring substituents is 1. The Kier molecular flexibility index (Phi) is 5.34. The second-order valence-corrected chi connectivity index (χ2v) is 4.78. The summed E-state index contributed by atoms with van der Waals surface area (Å²) >= 11 is 0. The van der Waals surface area contributed by atoms with Crippen LogP contribution in [0.2, 0.25) is 0 Å². The van der Waals surface area contributed by atoms with Gasteiger partial charge in [0.1, 0.15) is 11.9 Å². The Hall–Kier alpha value is -2.51. The van der Waals surface area contributed by atoms with Crippen molar-refractivity contribution >= 4 is 17.5 Å². The van der Waals surface area contributed by atoms with E-state index in [1.165, 1.54) is 6.92 Å². The van der Waals surface area contributed by atoms with Crippen molar-refractivity contribution in [3.8, 4) is 0 Å². The average molecular weight is 297 g/mol. The third-order valence-corrected chi connectivity index (χ3v) is 2.58. The zero-order valence-electron chi connectivity index (χ0n) is 11.8. The molecule has 1 atom stereocenters. The molecule has 0 aliphatic heterocycles. The molecule has 0 aliphatic rings. The number of halogens is 1. The lowest BCUT2D eigenvalue weighted by Crippen LogP contribution is -2.46. The third-order valence-electron chi connectivity index (χ3n) is 2.58. The Bertz CT molecular complexity index is 575. The van der Waals surface area contributed by atoms with Gasteiger partial charge in [-0.25, -0.2) is 4.39 Å². The first-order chi connectivity index (χ1) is 9.72. The summed E-state index contributed by atoms with van der Waals surface area (Å²) in [5, 5.41) is 15.5. The Morgan fingerprint density at radius 3 is 2.38 bits per heavy atom. The molecule has 1 unspecified atom stereocenters. The van der Waals surface area contributed by atoms with Gasteiger partial charge in [0.2, 0.25) is 5.91 Å². The van der Waals surface area contributed by atoms with Gasteiger partial charge in [-0.1, -0.05) is 0 Å². The molecule has 0 radical (unpaired) electrons. The number of carbonyl (C=O) groups excluding carboxylic acids is 2. The Morgan fingerprint density at radius 1 is 1.24 bits per heavy atom. The maximum atomic E-state index is 13.6. The molecule has 0 saturated heterocycles. The molecule has 0 aromatic heterocycles. The van der Waals surface area contributed by atoms with Crippen LogP contribution in [-0.4, -0.2) is 28.8 Å². The van der Waals surface area contributed by atoms with E-state index in [1.807, 2.05) is 0 Å². The van der Waals surface area contributed by atoms with Crippen LogP contribution < -0.4 is 10.6 Å². The summed E-state index contributed by atoms with van der Waals surface area (Å²) in [7, 11) is 0. The summed E-state index contributed by atoms with van der Waals surface area (Å²) in [4.78, 5) is 33.4. The van der Waals surface area contributed by atoms with Crippen molar-refractivity contribution in [2.75, 3.05) is 0 Å². The molecule has 7 nitrogen and oxygen atoms in total. The number of benzene rings is 1. The lowest BCUT2D eigenvalue weighted by atomic mass is 10.1. The molecular formula is C13H16FN3O4. The minimum Gasteiger partial charge on any atom is -0.352 e. The van der Waals surface area contributed by atoms with Crippen LogP contribution in [0.5, 0.6) is 0 Å². The van der Waals surface area contributed by atoms with E-state index in [1.54, 1.807) is 13.8 Å². The topological polar surface area (TPSA) is 101 Å².